The Morgan fingerprint density at radius 1 is 1.12 bits per heavy atom. The number of ether oxygens (including phenoxy) is 4. The van der Waals surface area contributed by atoms with Crippen LogP contribution in [0.5, 0.6) is 11.5 Å². The fourth-order valence-electron chi connectivity index (χ4n) is 4.48. The molecule has 1 amide bonds. The molecular formula is C24H34N2O6. The molecule has 1 N–H and O–H groups in total. The fraction of sp³-hybridized carbons (Fsp3) is 0.583. The largest absolute Gasteiger partial charge is 0.497 e. The molecule has 1 aromatic rings. The van der Waals surface area contributed by atoms with E-state index in [2.05, 4.69) is 10.2 Å². The maximum Gasteiger partial charge on any atom is 0.331 e. The van der Waals surface area contributed by atoms with Crippen LogP contribution in [0, 0.1) is 0 Å². The summed E-state index contributed by atoms with van der Waals surface area (Å²) >= 11 is 0. The molecule has 32 heavy (non-hydrogen) atoms. The van der Waals surface area contributed by atoms with Crippen molar-refractivity contribution in [2.45, 2.75) is 37.6 Å². The highest BCUT2D eigenvalue weighted by atomic mass is 16.5. The minimum atomic E-state index is -0.592. The molecule has 1 heterocycles. The maximum atomic E-state index is 12.4. The van der Waals surface area contributed by atoms with Crippen LogP contribution in [0.1, 0.15) is 37.7 Å². The smallest absolute Gasteiger partial charge is 0.331 e. The van der Waals surface area contributed by atoms with Gasteiger partial charge in [0.1, 0.15) is 11.5 Å². The van der Waals surface area contributed by atoms with Gasteiger partial charge in [-0.3, -0.25) is 9.69 Å². The van der Waals surface area contributed by atoms with E-state index >= 15 is 0 Å². The number of benzene rings is 1. The first-order valence-corrected chi connectivity index (χ1v) is 11.2. The van der Waals surface area contributed by atoms with Gasteiger partial charge < -0.3 is 24.3 Å². The molecule has 1 aromatic carbocycles. The van der Waals surface area contributed by atoms with E-state index in [-0.39, 0.29) is 18.1 Å². The molecular weight excluding hydrogens is 412 g/mol. The summed E-state index contributed by atoms with van der Waals surface area (Å²) in [5, 5.41) is 2.99. The number of hydrogen-bond acceptors (Lipinski definition) is 7. The zero-order valence-corrected chi connectivity index (χ0v) is 19.1. The number of carbonyl (C=O) groups excluding carboxylic acids is 2. The molecule has 1 saturated carbocycles. The van der Waals surface area contributed by atoms with Crippen LogP contribution in [0.2, 0.25) is 0 Å². The standard InChI is InChI=1S/C24H34N2O6/c1-29-20-7-8-21(30-2)19(16-20)6-9-23(28)32-17-22(27)25-18-24(10-4-3-5-11-24)26-12-14-31-15-13-26/h6-9,16H,3-5,10-15,17-18H2,1-2H3,(H,25,27)/b9-6+. The Bertz CT molecular complexity index is 798. The maximum absolute atomic E-state index is 12.4. The Morgan fingerprint density at radius 3 is 2.56 bits per heavy atom. The van der Waals surface area contributed by atoms with E-state index in [1.165, 1.54) is 25.3 Å². The van der Waals surface area contributed by atoms with Crippen LogP contribution in [0.3, 0.4) is 0 Å². The van der Waals surface area contributed by atoms with Gasteiger partial charge in [-0.2, -0.15) is 0 Å². The number of hydrogen-bond donors (Lipinski definition) is 1. The second-order valence-electron chi connectivity index (χ2n) is 8.21. The highest BCUT2D eigenvalue weighted by molar-refractivity contribution is 5.89. The normalized spacial score (nSPS) is 18.8. The minimum absolute atomic E-state index is 0.0233. The predicted molar refractivity (Wildman–Crippen MR) is 121 cm³/mol. The number of nitrogens with one attached hydrogen (secondary N) is 1. The third-order valence-electron chi connectivity index (χ3n) is 6.26. The topological polar surface area (TPSA) is 86.3 Å². The molecule has 3 rings (SSSR count). The van der Waals surface area contributed by atoms with Crippen molar-refractivity contribution in [2.24, 2.45) is 0 Å². The van der Waals surface area contributed by atoms with Crippen LogP contribution < -0.4 is 14.8 Å². The Labute approximate surface area is 189 Å². The summed E-state index contributed by atoms with van der Waals surface area (Å²) < 4.78 is 21.1. The van der Waals surface area contributed by atoms with E-state index in [0.29, 0.717) is 23.6 Å². The first-order valence-electron chi connectivity index (χ1n) is 11.2. The fourth-order valence-corrected chi connectivity index (χ4v) is 4.48. The molecule has 176 valence electrons. The van der Waals surface area contributed by atoms with Crippen molar-refractivity contribution in [3.63, 3.8) is 0 Å². The van der Waals surface area contributed by atoms with Gasteiger partial charge in [0.05, 0.1) is 27.4 Å². The molecule has 2 aliphatic rings. The molecule has 0 spiro atoms. The van der Waals surface area contributed by atoms with Crippen LogP contribution in [-0.2, 0) is 19.1 Å². The quantitative estimate of drug-likeness (QED) is 0.460. The summed E-state index contributed by atoms with van der Waals surface area (Å²) in [7, 11) is 3.12. The Kier molecular flexibility index (Phi) is 8.93. The minimum Gasteiger partial charge on any atom is -0.497 e. The first kappa shape index (κ1) is 24.1. The molecule has 0 bridgehead atoms. The molecule has 2 fully saturated rings. The van der Waals surface area contributed by atoms with Crippen molar-refractivity contribution in [2.75, 3.05) is 53.7 Å². The lowest BCUT2D eigenvalue weighted by molar-refractivity contribution is -0.144. The van der Waals surface area contributed by atoms with Crippen LogP contribution in [0.15, 0.2) is 24.3 Å². The molecule has 1 saturated heterocycles. The molecule has 0 aromatic heterocycles. The lowest BCUT2D eigenvalue weighted by Crippen LogP contribution is -2.59. The van der Waals surface area contributed by atoms with Crippen LogP contribution >= 0.6 is 0 Å². The number of amides is 1. The van der Waals surface area contributed by atoms with Gasteiger partial charge in [-0.1, -0.05) is 19.3 Å². The lowest BCUT2D eigenvalue weighted by atomic mass is 9.79. The molecule has 1 aliphatic carbocycles. The van der Waals surface area contributed by atoms with Gasteiger partial charge in [0.2, 0.25) is 0 Å². The number of nitrogens with zero attached hydrogens (tertiary/aromatic N) is 1. The summed E-state index contributed by atoms with van der Waals surface area (Å²) in [4.78, 5) is 27.0. The highest BCUT2D eigenvalue weighted by Crippen LogP contribution is 2.33. The Hall–Kier alpha value is -2.58. The average Bonchev–Trinajstić information content (AvgIpc) is 2.85. The van der Waals surface area contributed by atoms with Crippen molar-refractivity contribution in [1.29, 1.82) is 0 Å². The van der Waals surface area contributed by atoms with E-state index in [4.69, 9.17) is 18.9 Å². The van der Waals surface area contributed by atoms with Crippen molar-refractivity contribution in [3.05, 3.63) is 29.8 Å². The average molecular weight is 447 g/mol. The van der Waals surface area contributed by atoms with Gasteiger partial charge >= 0.3 is 5.97 Å². The Morgan fingerprint density at radius 2 is 1.88 bits per heavy atom. The predicted octanol–water partition coefficient (Wildman–Crippen LogP) is 2.41. The van der Waals surface area contributed by atoms with E-state index < -0.39 is 5.97 Å². The first-order chi connectivity index (χ1) is 15.6. The monoisotopic (exact) mass is 446 g/mol. The third kappa shape index (κ3) is 6.46. The summed E-state index contributed by atoms with van der Waals surface area (Å²) in [5.41, 5.74) is 0.655. The zero-order chi connectivity index (χ0) is 22.8. The molecule has 1 aliphatic heterocycles. The SMILES string of the molecule is COc1ccc(OC)c(/C=C/C(=O)OCC(=O)NCC2(N3CCOCC3)CCCCC2)c1. The van der Waals surface area contributed by atoms with E-state index in [0.717, 1.165) is 39.1 Å². The molecule has 8 nitrogen and oxygen atoms in total. The number of methoxy groups -OCH3 is 2. The second kappa shape index (κ2) is 11.9. The van der Waals surface area contributed by atoms with Gasteiger partial charge in [-0.15, -0.1) is 0 Å². The summed E-state index contributed by atoms with van der Waals surface area (Å²) in [5.74, 6) is 0.373. The number of morpholine rings is 1. The lowest BCUT2D eigenvalue weighted by Gasteiger charge is -2.48. The molecule has 0 atom stereocenters. The van der Waals surface area contributed by atoms with Crippen LogP contribution in [-0.4, -0.2) is 76.0 Å². The van der Waals surface area contributed by atoms with Gasteiger partial charge in [-0.05, 0) is 37.1 Å². The van der Waals surface area contributed by atoms with Crippen LogP contribution in [0.25, 0.3) is 6.08 Å². The molecule has 8 heteroatoms. The highest BCUT2D eigenvalue weighted by Gasteiger charge is 2.38. The number of carbonyl (C=O) groups is 2. The van der Waals surface area contributed by atoms with Crippen molar-refractivity contribution in [3.8, 4) is 11.5 Å². The van der Waals surface area contributed by atoms with Gasteiger partial charge in [-0.25, -0.2) is 4.79 Å². The third-order valence-corrected chi connectivity index (χ3v) is 6.26. The van der Waals surface area contributed by atoms with Crippen molar-refractivity contribution >= 4 is 18.0 Å². The van der Waals surface area contributed by atoms with E-state index in [9.17, 15) is 9.59 Å². The van der Waals surface area contributed by atoms with Crippen molar-refractivity contribution in [1.82, 2.24) is 10.2 Å². The van der Waals surface area contributed by atoms with E-state index in [1.807, 2.05) is 0 Å². The van der Waals surface area contributed by atoms with Gasteiger partial charge in [0.25, 0.3) is 5.91 Å². The molecule has 0 unspecified atom stereocenters. The number of rotatable bonds is 9. The van der Waals surface area contributed by atoms with E-state index in [1.54, 1.807) is 38.5 Å². The summed E-state index contributed by atoms with van der Waals surface area (Å²) in [6, 6.07) is 5.28. The number of esters is 1. The van der Waals surface area contributed by atoms with Crippen molar-refractivity contribution < 1.29 is 28.5 Å². The van der Waals surface area contributed by atoms with Gasteiger partial charge in [0.15, 0.2) is 6.61 Å². The summed E-state index contributed by atoms with van der Waals surface area (Å²) in [6.45, 7) is 3.51. The Balaban J connectivity index is 1.49. The zero-order valence-electron chi connectivity index (χ0n) is 19.1. The van der Waals surface area contributed by atoms with Crippen LogP contribution in [0.4, 0.5) is 0 Å². The summed E-state index contributed by atoms with van der Waals surface area (Å²) in [6.07, 6.45) is 8.57. The molecule has 0 radical (unpaired) electrons. The second-order valence-corrected chi connectivity index (χ2v) is 8.21. The van der Waals surface area contributed by atoms with Gasteiger partial charge in [0, 0.05) is 36.8 Å².